The first kappa shape index (κ1) is 19.2. The number of nitrogens with zero attached hydrogens (tertiary/aromatic N) is 3. The van der Waals surface area contributed by atoms with Gasteiger partial charge in [-0.3, -0.25) is 4.68 Å². The molecule has 6 heteroatoms. The summed E-state index contributed by atoms with van der Waals surface area (Å²) >= 11 is 1.68. The Morgan fingerprint density at radius 2 is 1.70 bits per heavy atom. The molecule has 0 bridgehead atoms. The average Bonchev–Trinajstić information content (AvgIpc) is 3.34. The highest BCUT2D eigenvalue weighted by molar-refractivity contribution is 7.19. The van der Waals surface area contributed by atoms with E-state index in [1.54, 1.807) is 16.0 Å². The third-order valence-electron chi connectivity index (χ3n) is 5.74. The van der Waals surface area contributed by atoms with Gasteiger partial charge in [-0.25, -0.2) is 4.98 Å². The first-order valence-corrected chi connectivity index (χ1v) is 10.8. The monoisotopic (exact) mass is 416 g/mol. The van der Waals surface area contributed by atoms with Crippen molar-refractivity contribution >= 4 is 11.3 Å². The minimum absolute atomic E-state index is 0.451. The molecule has 2 aromatic carbocycles. The predicted molar refractivity (Wildman–Crippen MR) is 121 cm³/mol. The average molecular weight is 417 g/mol. The van der Waals surface area contributed by atoms with Gasteiger partial charge in [0.15, 0.2) is 0 Å². The highest BCUT2D eigenvalue weighted by atomic mass is 32.1. The molecule has 1 aliphatic rings. The molecule has 0 amide bonds. The maximum absolute atomic E-state index is 10.1. The van der Waals surface area contributed by atoms with E-state index in [9.17, 15) is 5.11 Å². The minimum atomic E-state index is -0.665. The van der Waals surface area contributed by atoms with Crippen molar-refractivity contribution in [1.29, 1.82) is 0 Å². The van der Waals surface area contributed by atoms with Gasteiger partial charge in [0.1, 0.15) is 5.01 Å². The van der Waals surface area contributed by atoms with Crippen LogP contribution < -0.4 is 5.73 Å². The number of benzene rings is 2. The van der Waals surface area contributed by atoms with Crippen molar-refractivity contribution in [2.24, 2.45) is 12.8 Å². The topological polar surface area (TPSA) is 77.0 Å². The van der Waals surface area contributed by atoms with Gasteiger partial charge in [-0.05, 0) is 30.9 Å². The smallest absolute Gasteiger partial charge is 0.127 e. The molecule has 0 spiro atoms. The number of rotatable bonds is 4. The van der Waals surface area contributed by atoms with Crippen molar-refractivity contribution in [2.45, 2.75) is 30.9 Å². The van der Waals surface area contributed by atoms with E-state index in [2.05, 4.69) is 41.5 Å². The lowest BCUT2D eigenvalue weighted by molar-refractivity contribution is -0.0738. The second kappa shape index (κ2) is 6.87. The fourth-order valence-corrected chi connectivity index (χ4v) is 5.50. The van der Waals surface area contributed by atoms with E-state index in [1.807, 2.05) is 44.6 Å². The van der Waals surface area contributed by atoms with Gasteiger partial charge in [-0.1, -0.05) is 54.6 Å². The van der Waals surface area contributed by atoms with E-state index in [0.29, 0.717) is 12.8 Å². The Morgan fingerprint density at radius 1 is 1.00 bits per heavy atom. The summed E-state index contributed by atoms with van der Waals surface area (Å²) in [6, 6.07) is 18.7. The van der Waals surface area contributed by atoms with Gasteiger partial charge in [0, 0.05) is 29.9 Å². The Kier molecular flexibility index (Phi) is 4.39. The van der Waals surface area contributed by atoms with Crippen LogP contribution in [0.1, 0.15) is 25.3 Å². The summed E-state index contributed by atoms with van der Waals surface area (Å²) in [6.07, 6.45) is 5.00. The highest BCUT2D eigenvalue weighted by Crippen LogP contribution is 2.47. The second-order valence-corrected chi connectivity index (χ2v) is 9.55. The molecule has 0 atom stereocenters. The van der Waals surface area contributed by atoms with E-state index in [1.165, 1.54) is 0 Å². The predicted octanol–water partition coefficient (Wildman–Crippen LogP) is 4.58. The van der Waals surface area contributed by atoms with Gasteiger partial charge in [0.25, 0.3) is 0 Å². The molecule has 5 rings (SSSR count). The molecule has 0 unspecified atom stereocenters. The first-order valence-electron chi connectivity index (χ1n) is 10.0. The van der Waals surface area contributed by atoms with Crippen LogP contribution in [0.25, 0.3) is 32.3 Å². The van der Waals surface area contributed by atoms with Crippen molar-refractivity contribution in [1.82, 2.24) is 14.8 Å². The third-order valence-corrected chi connectivity index (χ3v) is 6.89. The normalized spacial score (nSPS) is 23.3. The van der Waals surface area contributed by atoms with E-state index in [0.717, 1.165) is 37.8 Å². The molecule has 1 fully saturated rings. The van der Waals surface area contributed by atoms with Gasteiger partial charge in [0.05, 0.1) is 22.4 Å². The zero-order chi connectivity index (χ0) is 20.9. The van der Waals surface area contributed by atoms with Crippen LogP contribution in [-0.2, 0) is 12.6 Å². The molecule has 0 saturated heterocycles. The van der Waals surface area contributed by atoms with Gasteiger partial charge in [-0.2, -0.15) is 5.10 Å². The molecule has 2 aromatic heterocycles. The summed E-state index contributed by atoms with van der Waals surface area (Å²) in [5, 5.41) is 15.4. The number of hydrogen-bond donors (Lipinski definition) is 2. The molecule has 1 aliphatic carbocycles. The molecule has 2 heterocycles. The molecule has 30 heavy (non-hydrogen) atoms. The van der Waals surface area contributed by atoms with Gasteiger partial charge < -0.3 is 10.8 Å². The van der Waals surface area contributed by atoms with Crippen molar-refractivity contribution in [3.8, 4) is 32.3 Å². The van der Waals surface area contributed by atoms with Crippen LogP contribution >= 0.6 is 11.3 Å². The van der Waals surface area contributed by atoms with Crippen LogP contribution in [0.2, 0.25) is 0 Å². The van der Waals surface area contributed by atoms with Crippen LogP contribution in [0.3, 0.4) is 0 Å². The summed E-state index contributed by atoms with van der Waals surface area (Å²) in [7, 11) is 1.91. The number of thiazole rings is 1. The number of nitrogens with two attached hydrogens (primary N) is 1. The largest absolute Gasteiger partial charge is 0.390 e. The Labute approximate surface area is 179 Å². The molecule has 5 nitrogen and oxygen atoms in total. The van der Waals surface area contributed by atoms with Crippen molar-refractivity contribution in [2.75, 3.05) is 0 Å². The number of aryl methyl sites for hydroxylation is 1. The maximum atomic E-state index is 10.1. The zero-order valence-electron chi connectivity index (χ0n) is 17.0. The Morgan fingerprint density at radius 3 is 2.30 bits per heavy atom. The molecule has 0 radical (unpaired) electrons. The number of aliphatic hydroxyl groups is 1. The van der Waals surface area contributed by atoms with Crippen LogP contribution in [0, 0.1) is 0 Å². The summed E-state index contributed by atoms with van der Waals surface area (Å²) in [5.74, 6) is 0. The van der Waals surface area contributed by atoms with Crippen LogP contribution in [0.5, 0.6) is 0 Å². The zero-order valence-corrected chi connectivity index (χ0v) is 17.9. The lowest BCUT2D eigenvalue weighted by atomic mass is 9.63. The van der Waals surface area contributed by atoms with Crippen molar-refractivity contribution < 1.29 is 5.11 Å². The van der Waals surface area contributed by atoms with Gasteiger partial charge in [-0.15, -0.1) is 11.3 Å². The third kappa shape index (κ3) is 3.37. The van der Waals surface area contributed by atoms with Crippen LogP contribution in [-0.4, -0.2) is 25.5 Å². The number of aromatic nitrogens is 3. The Bertz CT molecular complexity index is 1180. The Hall–Kier alpha value is -2.80. The first-order chi connectivity index (χ1) is 14.3. The van der Waals surface area contributed by atoms with E-state index in [4.69, 9.17) is 10.7 Å². The standard InChI is InChI=1S/C24H24N4OS/c1-23(29)14-24(25,15-23)19-10-8-16(9-11-19)20-21(17-6-4-3-5-7-17)30-22(27-20)18-12-26-28(2)13-18/h3-13,29H,14-15,25H2,1-2H3/t23-,24+. The quantitative estimate of drug-likeness (QED) is 0.511. The van der Waals surface area contributed by atoms with Crippen molar-refractivity contribution in [3.05, 3.63) is 72.6 Å². The molecule has 0 aliphatic heterocycles. The molecule has 4 aromatic rings. The fourth-order valence-electron chi connectivity index (χ4n) is 4.43. The summed E-state index contributed by atoms with van der Waals surface area (Å²) in [4.78, 5) is 6.12. The van der Waals surface area contributed by atoms with Crippen LogP contribution in [0.4, 0.5) is 0 Å². The molecule has 152 valence electrons. The Balaban J connectivity index is 1.55. The minimum Gasteiger partial charge on any atom is -0.390 e. The lowest BCUT2D eigenvalue weighted by Gasteiger charge is -2.49. The fraction of sp³-hybridized carbons (Fsp3) is 0.250. The summed E-state index contributed by atoms with van der Waals surface area (Å²) in [6.45, 7) is 1.84. The lowest BCUT2D eigenvalue weighted by Crippen LogP contribution is -2.58. The van der Waals surface area contributed by atoms with Crippen LogP contribution in [0.15, 0.2) is 67.0 Å². The second-order valence-electron chi connectivity index (χ2n) is 8.55. The number of hydrogen-bond acceptors (Lipinski definition) is 5. The summed E-state index contributed by atoms with van der Waals surface area (Å²) in [5.41, 5.74) is 10.6. The molecule has 1 saturated carbocycles. The molecule has 3 N–H and O–H groups in total. The SMILES string of the molecule is Cn1cc(-c2nc(-c3ccc([C@]4(N)C[C@@](C)(O)C4)cc3)c(-c3ccccc3)s2)cn1. The van der Waals surface area contributed by atoms with Gasteiger partial charge >= 0.3 is 0 Å². The molecular formula is C24H24N4OS. The summed E-state index contributed by atoms with van der Waals surface area (Å²) < 4.78 is 1.79. The van der Waals surface area contributed by atoms with Crippen molar-refractivity contribution in [3.63, 3.8) is 0 Å². The van der Waals surface area contributed by atoms with E-state index in [-0.39, 0.29) is 0 Å². The van der Waals surface area contributed by atoms with E-state index < -0.39 is 11.1 Å². The van der Waals surface area contributed by atoms with Gasteiger partial charge in [0.2, 0.25) is 0 Å². The van der Waals surface area contributed by atoms with E-state index >= 15 is 0 Å². The molecular weight excluding hydrogens is 392 g/mol. The maximum Gasteiger partial charge on any atom is 0.127 e. The highest BCUT2D eigenvalue weighted by Gasteiger charge is 2.49.